The van der Waals surface area contributed by atoms with Crippen molar-refractivity contribution in [2.75, 3.05) is 0 Å². The zero-order valence-corrected chi connectivity index (χ0v) is 13.8. The molecule has 1 heterocycles. The number of benzene rings is 2. The summed E-state index contributed by atoms with van der Waals surface area (Å²) in [5.41, 5.74) is 3.17. The summed E-state index contributed by atoms with van der Waals surface area (Å²) in [7, 11) is 0. The fourth-order valence-corrected chi connectivity index (χ4v) is 2.40. The first-order chi connectivity index (χ1) is 11.1. The van der Waals surface area contributed by atoms with Crippen LogP contribution in [0.2, 0.25) is 0 Å². The highest BCUT2D eigenvalue weighted by molar-refractivity contribution is 6.50. The second-order valence-electron chi connectivity index (χ2n) is 5.59. The molecule has 0 radical (unpaired) electrons. The smallest absolute Gasteiger partial charge is 0.259 e. The summed E-state index contributed by atoms with van der Waals surface area (Å²) >= 11 is 6.31. The minimum atomic E-state index is 0.318. The second kappa shape index (κ2) is 6.80. The molecule has 1 aromatic heterocycles. The zero-order chi connectivity index (χ0) is 16.2. The Morgan fingerprint density at radius 3 is 2.35 bits per heavy atom. The molecule has 0 saturated heterocycles. The maximum atomic E-state index is 6.31. The van der Waals surface area contributed by atoms with Gasteiger partial charge in [-0.15, -0.1) is 10.2 Å². The largest absolute Gasteiger partial charge is 0.415 e. The van der Waals surface area contributed by atoms with Crippen LogP contribution in [0.5, 0.6) is 0 Å². The molecule has 0 atom stereocenters. The monoisotopic (exact) mass is 324 g/mol. The van der Waals surface area contributed by atoms with Gasteiger partial charge in [-0.3, -0.25) is 0 Å². The Balaban J connectivity index is 1.83. The van der Waals surface area contributed by atoms with Gasteiger partial charge in [-0.1, -0.05) is 67.9 Å². The van der Waals surface area contributed by atoms with Crippen LogP contribution >= 0.6 is 11.6 Å². The van der Waals surface area contributed by atoms with E-state index in [1.54, 1.807) is 0 Å². The molecule has 0 bridgehead atoms. The molecule has 0 unspecified atom stereocenters. The van der Waals surface area contributed by atoms with Crippen LogP contribution in [-0.2, 0) is 0 Å². The van der Waals surface area contributed by atoms with E-state index >= 15 is 0 Å². The van der Waals surface area contributed by atoms with Crippen LogP contribution in [-0.4, -0.2) is 10.2 Å². The summed E-state index contributed by atoms with van der Waals surface area (Å²) in [5, 5.41) is 8.49. The average Bonchev–Trinajstić information content (AvgIpc) is 3.06. The molecule has 0 N–H and O–H groups in total. The minimum Gasteiger partial charge on any atom is -0.415 e. The van der Waals surface area contributed by atoms with Crippen LogP contribution < -0.4 is 0 Å². The fourth-order valence-electron chi connectivity index (χ4n) is 2.20. The number of halogens is 1. The third-order valence-electron chi connectivity index (χ3n) is 3.55. The van der Waals surface area contributed by atoms with Crippen molar-refractivity contribution in [3.63, 3.8) is 0 Å². The predicted molar refractivity (Wildman–Crippen MR) is 94.0 cm³/mol. The van der Waals surface area contributed by atoms with Crippen molar-refractivity contribution < 1.29 is 4.42 Å². The van der Waals surface area contributed by atoms with Gasteiger partial charge in [-0.05, 0) is 35.3 Å². The lowest BCUT2D eigenvalue weighted by atomic mass is 10.0. The first-order valence-electron chi connectivity index (χ1n) is 7.50. The van der Waals surface area contributed by atoms with Gasteiger partial charge >= 0.3 is 0 Å². The summed E-state index contributed by atoms with van der Waals surface area (Å²) in [4.78, 5) is 0. The van der Waals surface area contributed by atoms with Gasteiger partial charge in [0.05, 0.1) is 0 Å². The van der Waals surface area contributed by atoms with Gasteiger partial charge in [-0.25, -0.2) is 0 Å². The van der Waals surface area contributed by atoms with Crippen molar-refractivity contribution in [1.29, 1.82) is 0 Å². The molecule has 3 nitrogen and oxygen atoms in total. The van der Waals surface area contributed by atoms with Crippen molar-refractivity contribution in [1.82, 2.24) is 10.2 Å². The Morgan fingerprint density at radius 2 is 1.70 bits per heavy atom. The molecule has 4 heteroatoms. The first kappa shape index (κ1) is 15.5. The molecule has 0 aliphatic heterocycles. The average molecular weight is 325 g/mol. The Bertz CT molecular complexity index is 805. The maximum Gasteiger partial charge on any atom is 0.259 e. The van der Waals surface area contributed by atoms with E-state index in [2.05, 4.69) is 36.2 Å². The van der Waals surface area contributed by atoms with Crippen LogP contribution in [0, 0.1) is 0 Å². The first-order valence-corrected chi connectivity index (χ1v) is 7.88. The van der Waals surface area contributed by atoms with Crippen molar-refractivity contribution in [2.24, 2.45) is 0 Å². The molecular formula is C19H17ClN2O. The third-order valence-corrected chi connectivity index (χ3v) is 3.82. The molecule has 0 aliphatic rings. The van der Waals surface area contributed by atoms with E-state index in [9.17, 15) is 0 Å². The van der Waals surface area contributed by atoms with Crippen molar-refractivity contribution in [2.45, 2.75) is 19.8 Å². The normalized spacial score (nSPS) is 11.9. The lowest BCUT2D eigenvalue weighted by molar-refractivity contribution is 0.556. The van der Waals surface area contributed by atoms with Crippen LogP contribution in [0.3, 0.4) is 0 Å². The van der Waals surface area contributed by atoms with Gasteiger partial charge in [0.25, 0.3) is 5.89 Å². The van der Waals surface area contributed by atoms with E-state index in [4.69, 9.17) is 16.0 Å². The van der Waals surface area contributed by atoms with E-state index < -0.39 is 0 Å². The zero-order valence-electron chi connectivity index (χ0n) is 13.0. The molecule has 0 fully saturated rings. The number of aromatic nitrogens is 2. The molecule has 3 rings (SSSR count). The summed E-state index contributed by atoms with van der Waals surface area (Å²) in [6.07, 6.45) is 1.83. The Hall–Kier alpha value is -2.39. The Morgan fingerprint density at radius 1 is 1.00 bits per heavy atom. The maximum absolute atomic E-state index is 6.31. The molecule has 23 heavy (non-hydrogen) atoms. The highest BCUT2D eigenvalue weighted by Crippen LogP contribution is 2.25. The van der Waals surface area contributed by atoms with Crippen molar-refractivity contribution in [3.05, 3.63) is 71.6 Å². The van der Waals surface area contributed by atoms with Crippen molar-refractivity contribution >= 4 is 22.7 Å². The highest BCUT2D eigenvalue weighted by atomic mass is 35.5. The number of nitrogens with zero attached hydrogens (tertiary/aromatic N) is 2. The SMILES string of the molecule is CC(C)c1ccc(/C=C(\Cl)c2nnc(-c3ccccc3)o2)cc1. The van der Waals surface area contributed by atoms with Gasteiger partial charge in [-0.2, -0.15) is 0 Å². The molecular weight excluding hydrogens is 308 g/mol. The van der Waals surface area contributed by atoms with Gasteiger partial charge in [0, 0.05) is 5.56 Å². The molecule has 0 aliphatic carbocycles. The lowest BCUT2D eigenvalue weighted by Crippen LogP contribution is -1.86. The quantitative estimate of drug-likeness (QED) is 0.627. The topological polar surface area (TPSA) is 38.9 Å². The van der Waals surface area contributed by atoms with Crippen LogP contribution in [0.15, 0.2) is 59.0 Å². The minimum absolute atomic E-state index is 0.318. The molecule has 0 spiro atoms. The standard InChI is InChI=1S/C19H17ClN2O/c1-13(2)15-10-8-14(9-11-15)12-17(20)19-22-21-18(23-19)16-6-4-3-5-7-16/h3-13H,1-2H3/b17-12-. The van der Waals surface area contributed by atoms with E-state index in [1.807, 2.05) is 48.5 Å². The van der Waals surface area contributed by atoms with Gasteiger partial charge in [0.1, 0.15) is 5.03 Å². The van der Waals surface area contributed by atoms with Crippen LogP contribution in [0.4, 0.5) is 0 Å². The molecule has 3 aromatic rings. The van der Waals surface area contributed by atoms with Gasteiger partial charge < -0.3 is 4.42 Å². The summed E-state index contributed by atoms with van der Waals surface area (Å²) < 4.78 is 5.64. The lowest BCUT2D eigenvalue weighted by Gasteiger charge is -2.04. The van der Waals surface area contributed by atoms with Gasteiger partial charge in [0.2, 0.25) is 5.89 Å². The van der Waals surface area contributed by atoms with Crippen LogP contribution in [0.25, 0.3) is 22.6 Å². The molecule has 116 valence electrons. The summed E-state index contributed by atoms with van der Waals surface area (Å²) in [6.45, 7) is 4.34. The number of hydrogen-bond donors (Lipinski definition) is 0. The molecule has 2 aromatic carbocycles. The Kier molecular flexibility index (Phi) is 4.58. The number of hydrogen-bond acceptors (Lipinski definition) is 3. The third kappa shape index (κ3) is 3.69. The highest BCUT2D eigenvalue weighted by Gasteiger charge is 2.11. The van der Waals surface area contributed by atoms with Crippen molar-refractivity contribution in [3.8, 4) is 11.5 Å². The fraction of sp³-hybridized carbons (Fsp3) is 0.158. The predicted octanol–water partition coefficient (Wildman–Crippen LogP) is 5.60. The van der Waals surface area contributed by atoms with E-state index in [0.29, 0.717) is 22.7 Å². The summed E-state index contributed by atoms with van der Waals surface area (Å²) in [6, 6.07) is 17.9. The van der Waals surface area contributed by atoms with E-state index in [1.165, 1.54) is 5.56 Å². The van der Waals surface area contributed by atoms with E-state index in [0.717, 1.165) is 11.1 Å². The summed E-state index contributed by atoms with van der Waals surface area (Å²) in [5.74, 6) is 1.29. The molecule has 0 amide bonds. The Labute approximate surface area is 140 Å². The second-order valence-corrected chi connectivity index (χ2v) is 6.00. The molecule has 0 saturated carbocycles. The number of rotatable bonds is 4. The van der Waals surface area contributed by atoms with Crippen LogP contribution in [0.1, 0.15) is 36.8 Å². The van der Waals surface area contributed by atoms with Gasteiger partial charge in [0.15, 0.2) is 0 Å². The van der Waals surface area contributed by atoms with E-state index in [-0.39, 0.29) is 0 Å².